The number of benzene rings is 1. The highest BCUT2D eigenvalue weighted by Crippen LogP contribution is 2.60. The summed E-state index contributed by atoms with van der Waals surface area (Å²) in [5, 5.41) is 3.32. The van der Waals surface area contributed by atoms with Gasteiger partial charge < -0.3 is 5.32 Å². The highest BCUT2D eigenvalue weighted by molar-refractivity contribution is 5.27. The van der Waals surface area contributed by atoms with Crippen molar-refractivity contribution in [2.75, 3.05) is 6.54 Å². The standard InChI is InChI=1S/C16H21F2N/c1-2-19-16(14-10-6-3-4-7-11(10)14)15-12(17)8-5-9-13(15)18/h5,8-11,14,16,19H,2-4,6-7H2,1H3. The van der Waals surface area contributed by atoms with Gasteiger partial charge in [-0.25, -0.2) is 8.78 Å². The Hall–Kier alpha value is -0.960. The van der Waals surface area contributed by atoms with Gasteiger partial charge in [-0.15, -0.1) is 0 Å². The Morgan fingerprint density at radius 1 is 1.16 bits per heavy atom. The normalized spacial score (nSPS) is 30.8. The summed E-state index contributed by atoms with van der Waals surface area (Å²) in [4.78, 5) is 0. The van der Waals surface area contributed by atoms with Crippen molar-refractivity contribution in [1.29, 1.82) is 0 Å². The van der Waals surface area contributed by atoms with Crippen LogP contribution >= 0.6 is 0 Å². The summed E-state index contributed by atoms with van der Waals surface area (Å²) in [6.07, 6.45) is 5.01. The molecule has 2 fully saturated rings. The average molecular weight is 265 g/mol. The first-order valence-electron chi connectivity index (χ1n) is 7.41. The Labute approximate surface area is 113 Å². The lowest BCUT2D eigenvalue weighted by atomic mass is 9.98. The van der Waals surface area contributed by atoms with Crippen molar-refractivity contribution < 1.29 is 8.78 Å². The molecule has 0 spiro atoms. The van der Waals surface area contributed by atoms with Crippen LogP contribution in [0.5, 0.6) is 0 Å². The molecular formula is C16H21F2N. The van der Waals surface area contributed by atoms with Gasteiger partial charge in [-0.1, -0.05) is 25.8 Å². The molecule has 3 unspecified atom stereocenters. The Morgan fingerprint density at radius 2 is 1.74 bits per heavy atom. The van der Waals surface area contributed by atoms with E-state index in [1.807, 2.05) is 6.92 Å². The van der Waals surface area contributed by atoms with Crippen LogP contribution in [0.3, 0.4) is 0 Å². The van der Waals surface area contributed by atoms with E-state index in [1.54, 1.807) is 0 Å². The first-order chi connectivity index (χ1) is 9.24. The van der Waals surface area contributed by atoms with Crippen LogP contribution < -0.4 is 5.32 Å². The zero-order valence-electron chi connectivity index (χ0n) is 11.3. The number of hydrogen-bond donors (Lipinski definition) is 1. The second-order valence-electron chi connectivity index (χ2n) is 5.86. The van der Waals surface area contributed by atoms with Crippen LogP contribution in [0.15, 0.2) is 18.2 Å². The number of rotatable bonds is 4. The van der Waals surface area contributed by atoms with Gasteiger partial charge in [-0.2, -0.15) is 0 Å². The maximum Gasteiger partial charge on any atom is 0.130 e. The Kier molecular flexibility index (Phi) is 3.57. The van der Waals surface area contributed by atoms with Crippen molar-refractivity contribution >= 4 is 0 Å². The number of nitrogens with one attached hydrogen (secondary N) is 1. The molecule has 0 saturated heterocycles. The van der Waals surface area contributed by atoms with Crippen LogP contribution in [-0.4, -0.2) is 6.54 Å². The van der Waals surface area contributed by atoms with Crippen molar-refractivity contribution in [1.82, 2.24) is 5.32 Å². The van der Waals surface area contributed by atoms with E-state index in [0.29, 0.717) is 17.8 Å². The molecule has 2 aliphatic rings. The van der Waals surface area contributed by atoms with Gasteiger partial charge in [0.05, 0.1) is 0 Å². The summed E-state index contributed by atoms with van der Waals surface area (Å²) in [7, 11) is 0. The first-order valence-corrected chi connectivity index (χ1v) is 7.41. The molecule has 1 aromatic rings. The van der Waals surface area contributed by atoms with Gasteiger partial charge in [0, 0.05) is 11.6 Å². The second-order valence-corrected chi connectivity index (χ2v) is 5.86. The Balaban J connectivity index is 1.89. The minimum atomic E-state index is -0.408. The molecule has 0 amide bonds. The van der Waals surface area contributed by atoms with E-state index < -0.39 is 11.6 Å². The van der Waals surface area contributed by atoms with Crippen LogP contribution in [-0.2, 0) is 0 Å². The number of hydrogen-bond acceptors (Lipinski definition) is 1. The van der Waals surface area contributed by atoms with Crippen LogP contribution in [0.25, 0.3) is 0 Å². The summed E-state index contributed by atoms with van der Waals surface area (Å²) >= 11 is 0. The Bertz CT molecular complexity index is 428. The van der Waals surface area contributed by atoms with Crippen LogP contribution in [0, 0.1) is 29.4 Å². The lowest BCUT2D eigenvalue weighted by Crippen LogP contribution is -2.26. The van der Waals surface area contributed by atoms with E-state index in [9.17, 15) is 8.78 Å². The van der Waals surface area contributed by atoms with Gasteiger partial charge in [0.15, 0.2) is 0 Å². The van der Waals surface area contributed by atoms with Gasteiger partial charge in [0.25, 0.3) is 0 Å². The molecule has 19 heavy (non-hydrogen) atoms. The van der Waals surface area contributed by atoms with E-state index in [4.69, 9.17) is 0 Å². The molecule has 3 rings (SSSR count). The summed E-state index contributed by atoms with van der Waals surface area (Å²) in [5.41, 5.74) is 0.253. The molecule has 3 heteroatoms. The SMILES string of the molecule is CCNC(c1c(F)cccc1F)C1C2CCCCC21. The van der Waals surface area contributed by atoms with Crippen molar-refractivity contribution in [2.45, 2.75) is 38.6 Å². The van der Waals surface area contributed by atoms with Gasteiger partial charge in [0.1, 0.15) is 11.6 Å². The smallest absolute Gasteiger partial charge is 0.130 e. The van der Waals surface area contributed by atoms with Crippen molar-refractivity contribution in [3.8, 4) is 0 Å². The average Bonchev–Trinajstić information content (AvgIpc) is 3.11. The van der Waals surface area contributed by atoms with E-state index in [1.165, 1.54) is 43.9 Å². The minimum Gasteiger partial charge on any atom is -0.310 e. The van der Waals surface area contributed by atoms with E-state index in [2.05, 4.69) is 5.32 Å². The molecule has 1 nitrogen and oxygen atoms in total. The molecule has 2 saturated carbocycles. The summed E-state index contributed by atoms with van der Waals surface area (Å²) in [6.45, 7) is 2.74. The van der Waals surface area contributed by atoms with Crippen molar-refractivity contribution in [3.05, 3.63) is 35.4 Å². The molecule has 1 N–H and O–H groups in total. The zero-order valence-corrected chi connectivity index (χ0v) is 11.3. The molecule has 0 aliphatic heterocycles. The highest BCUT2D eigenvalue weighted by Gasteiger charge is 2.55. The maximum absolute atomic E-state index is 14.0. The fraction of sp³-hybridized carbons (Fsp3) is 0.625. The number of halogens is 2. The van der Waals surface area contributed by atoms with Gasteiger partial charge in [-0.05, 0) is 49.3 Å². The van der Waals surface area contributed by atoms with Gasteiger partial charge >= 0.3 is 0 Å². The molecule has 0 radical (unpaired) electrons. The lowest BCUT2D eigenvalue weighted by Gasteiger charge is -2.20. The fourth-order valence-corrected chi connectivity index (χ4v) is 4.00. The van der Waals surface area contributed by atoms with Gasteiger partial charge in [0.2, 0.25) is 0 Å². The molecule has 0 bridgehead atoms. The minimum absolute atomic E-state index is 0.153. The van der Waals surface area contributed by atoms with Crippen molar-refractivity contribution in [3.63, 3.8) is 0 Å². The van der Waals surface area contributed by atoms with Gasteiger partial charge in [-0.3, -0.25) is 0 Å². The molecule has 104 valence electrons. The van der Waals surface area contributed by atoms with E-state index in [0.717, 1.165) is 6.54 Å². The maximum atomic E-state index is 14.0. The highest BCUT2D eigenvalue weighted by atomic mass is 19.1. The zero-order chi connectivity index (χ0) is 13.4. The van der Waals surface area contributed by atoms with Crippen LogP contribution in [0.2, 0.25) is 0 Å². The molecule has 0 aromatic heterocycles. The predicted molar refractivity (Wildman–Crippen MR) is 71.7 cm³/mol. The third-order valence-electron chi connectivity index (χ3n) is 4.84. The first kappa shape index (κ1) is 13.0. The molecule has 1 aromatic carbocycles. The largest absolute Gasteiger partial charge is 0.310 e. The van der Waals surface area contributed by atoms with Crippen LogP contribution in [0.1, 0.15) is 44.2 Å². The third-order valence-corrected chi connectivity index (χ3v) is 4.84. The summed E-state index contributed by atoms with van der Waals surface area (Å²) < 4.78 is 28.0. The summed E-state index contributed by atoms with van der Waals surface area (Å²) in [5.74, 6) is 0.964. The fourth-order valence-electron chi connectivity index (χ4n) is 4.00. The topological polar surface area (TPSA) is 12.0 Å². The molecular weight excluding hydrogens is 244 g/mol. The molecule has 0 heterocycles. The van der Waals surface area contributed by atoms with E-state index in [-0.39, 0.29) is 11.6 Å². The van der Waals surface area contributed by atoms with Crippen molar-refractivity contribution in [2.24, 2.45) is 17.8 Å². The second kappa shape index (κ2) is 5.20. The molecule has 2 aliphatic carbocycles. The third kappa shape index (κ3) is 2.29. The predicted octanol–water partition coefficient (Wildman–Crippen LogP) is 4.05. The number of fused-ring (bicyclic) bond motifs is 1. The molecule has 3 atom stereocenters. The van der Waals surface area contributed by atoms with E-state index >= 15 is 0 Å². The summed E-state index contributed by atoms with van der Waals surface area (Å²) in [6, 6.07) is 4.03. The lowest BCUT2D eigenvalue weighted by molar-refractivity contribution is 0.415. The quantitative estimate of drug-likeness (QED) is 0.866. The Morgan fingerprint density at radius 3 is 2.26 bits per heavy atom. The van der Waals surface area contributed by atoms with Crippen LogP contribution in [0.4, 0.5) is 8.78 Å². The monoisotopic (exact) mass is 265 g/mol.